The number of hydrogen-bond donors (Lipinski definition) is 2. The van der Waals surface area contributed by atoms with Gasteiger partial charge in [0.15, 0.2) is 0 Å². The Bertz CT molecular complexity index is 838. The number of carbonyl (C=O) groups excluding carboxylic acids is 1. The minimum Gasteiger partial charge on any atom is -0.324 e. The average molecular weight is 456 g/mol. The Hall–Kier alpha value is -1.15. The van der Waals surface area contributed by atoms with Crippen LogP contribution in [0.15, 0.2) is 23.1 Å². The van der Waals surface area contributed by atoms with Crippen LogP contribution in [0.4, 0.5) is 5.69 Å². The molecule has 0 aromatic heterocycles. The Morgan fingerprint density at radius 1 is 1.10 bits per heavy atom. The molecular weight excluding hydrogens is 422 g/mol. The molecule has 0 bridgehead atoms. The van der Waals surface area contributed by atoms with Gasteiger partial charge < -0.3 is 10.6 Å². The van der Waals surface area contributed by atoms with Gasteiger partial charge in [-0.05, 0) is 49.3 Å². The second-order valence-electron chi connectivity index (χ2n) is 8.76. The van der Waals surface area contributed by atoms with Crippen molar-refractivity contribution in [3.05, 3.63) is 23.2 Å². The zero-order valence-electron chi connectivity index (χ0n) is 18.0. The summed E-state index contributed by atoms with van der Waals surface area (Å²) in [4.78, 5) is 12.7. The van der Waals surface area contributed by atoms with E-state index in [2.05, 4.69) is 24.5 Å². The normalized spacial score (nSPS) is 26.2. The number of anilines is 1. The second-order valence-corrected chi connectivity index (χ2v) is 11.1. The Balaban J connectivity index is 1.65. The highest BCUT2D eigenvalue weighted by atomic mass is 35.5. The van der Waals surface area contributed by atoms with Gasteiger partial charge in [-0.15, -0.1) is 0 Å². The van der Waals surface area contributed by atoms with E-state index in [1.165, 1.54) is 25.0 Å². The maximum atomic E-state index is 13.0. The average Bonchev–Trinajstić information content (AvgIpc) is 3.01. The molecule has 30 heavy (non-hydrogen) atoms. The van der Waals surface area contributed by atoms with Gasteiger partial charge in [-0.2, -0.15) is 4.31 Å². The molecule has 168 valence electrons. The molecule has 0 spiro atoms. The van der Waals surface area contributed by atoms with Crippen molar-refractivity contribution < 1.29 is 13.2 Å². The lowest BCUT2D eigenvalue weighted by molar-refractivity contribution is -0.115. The van der Waals surface area contributed by atoms with E-state index < -0.39 is 10.0 Å². The van der Waals surface area contributed by atoms with Gasteiger partial charge in [-0.25, -0.2) is 8.42 Å². The number of sulfonamides is 1. The molecule has 1 saturated heterocycles. The molecule has 1 aliphatic heterocycles. The number of rotatable bonds is 6. The molecule has 2 N–H and O–H groups in total. The highest BCUT2D eigenvalue weighted by molar-refractivity contribution is 7.89. The molecule has 1 saturated carbocycles. The predicted octanol–water partition coefficient (Wildman–Crippen LogP) is 4.26. The summed E-state index contributed by atoms with van der Waals surface area (Å²) < 4.78 is 27.6. The van der Waals surface area contributed by atoms with E-state index in [4.69, 9.17) is 11.6 Å². The van der Waals surface area contributed by atoms with E-state index >= 15 is 0 Å². The standard InChI is InChI=1S/C22H34ClN3O3S/c1-16-8-7-9-20(17(16)2)24-15-22(27)25-21-14-18(10-11-19(21)23)30(28,29)26-12-5-3-4-6-13-26/h10-11,14,16-17,20,24H,3-9,12-13,15H2,1-2H3,(H,25,27). The summed E-state index contributed by atoms with van der Waals surface area (Å²) in [6.45, 7) is 5.74. The van der Waals surface area contributed by atoms with Crippen molar-refractivity contribution in [1.82, 2.24) is 9.62 Å². The van der Waals surface area contributed by atoms with Crippen molar-refractivity contribution in [2.75, 3.05) is 25.0 Å². The maximum absolute atomic E-state index is 13.0. The van der Waals surface area contributed by atoms with Crippen LogP contribution in [-0.2, 0) is 14.8 Å². The van der Waals surface area contributed by atoms with Gasteiger partial charge in [0.2, 0.25) is 15.9 Å². The van der Waals surface area contributed by atoms with Crippen molar-refractivity contribution >= 4 is 33.2 Å². The van der Waals surface area contributed by atoms with E-state index in [0.717, 1.165) is 32.1 Å². The van der Waals surface area contributed by atoms with Gasteiger partial charge in [0.1, 0.15) is 0 Å². The lowest BCUT2D eigenvalue weighted by atomic mass is 9.78. The molecule has 3 unspecified atom stereocenters. The molecule has 1 aliphatic carbocycles. The third-order valence-electron chi connectivity index (χ3n) is 6.65. The van der Waals surface area contributed by atoms with Crippen LogP contribution in [0.25, 0.3) is 0 Å². The van der Waals surface area contributed by atoms with Crippen LogP contribution in [0.5, 0.6) is 0 Å². The summed E-state index contributed by atoms with van der Waals surface area (Å²) in [5.41, 5.74) is 0.337. The Morgan fingerprint density at radius 3 is 2.50 bits per heavy atom. The topological polar surface area (TPSA) is 78.5 Å². The summed E-state index contributed by atoms with van der Waals surface area (Å²) in [6, 6.07) is 4.86. The van der Waals surface area contributed by atoms with Gasteiger partial charge >= 0.3 is 0 Å². The Labute approximate surface area is 185 Å². The quantitative estimate of drug-likeness (QED) is 0.671. The number of nitrogens with one attached hydrogen (secondary N) is 2. The van der Waals surface area contributed by atoms with E-state index in [-0.39, 0.29) is 17.3 Å². The summed E-state index contributed by atoms with van der Waals surface area (Å²) in [6.07, 6.45) is 7.34. The number of benzene rings is 1. The highest BCUT2D eigenvalue weighted by Crippen LogP contribution is 2.30. The van der Waals surface area contributed by atoms with Crippen LogP contribution < -0.4 is 10.6 Å². The number of carbonyl (C=O) groups is 1. The predicted molar refractivity (Wildman–Crippen MR) is 121 cm³/mol. The highest BCUT2D eigenvalue weighted by Gasteiger charge is 2.28. The molecule has 6 nitrogen and oxygen atoms in total. The molecule has 2 aliphatic rings. The van der Waals surface area contributed by atoms with Crippen LogP contribution in [0.1, 0.15) is 58.8 Å². The summed E-state index contributed by atoms with van der Waals surface area (Å²) >= 11 is 6.25. The lowest BCUT2D eigenvalue weighted by Gasteiger charge is -2.34. The van der Waals surface area contributed by atoms with Crippen LogP contribution >= 0.6 is 11.6 Å². The fourth-order valence-corrected chi connectivity index (χ4v) is 6.19. The summed E-state index contributed by atoms with van der Waals surface area (Å²) in [7, 11) is -3.60. The van der Waals surface area contributed by atoms with Gasteiger partial charge in [0, 0.05) is 19.1 Å². The molecule has 8 heteroatoms. The molecular formula is C22H34ClN3O3S. The van der Waals surface area contributed by atoms with Gasteiger partial charge in [0.25, 0.3) is 0 Å². The second kappa shape index (κ2) is 10.4. The molecule has 1 aromatic rings. The molecule has 3 atom stereocenters. The lowest BCUT2D eigenvalue weighted by Crippen LogP contribution is -2.43. The first kappa shape index (κ1) is 23.5. The third-order valence-corrected chi connectivity index (χ3v) is 8.87. The van der Waals surface area contributed by atoms with E-state index in [1.807, 2.05) is 0 Å². The van der Waals surface area contributed by atoms with Crippen LogP contribution in [0.3, 0.4) is 0 Å². The zero-order valence-corrected chi connectivity index (χ0v) is 19.6. The minimum atomic E-state index is -3.60. The first-order valence-corrected chi connectivity index (χ1v) is 12.9. The van der Waals surface area contributed by atoms with Crippen molar-refractivity contribution in [3.8, 4) is 0 Å². The van der Waals surface area contributed by atoms with Crippen LogP contribution in [0.2, 0.25) is 5.02 Å². The van der Waals surface area contributed by atoms with Crippen LogP contribution in [0, 0.1) is 11.8 Å². The van der Waals surface area contributed by atoms with Crippen LogP contribution in [-0.4, -0.2) is 44.3 Å². The van der Waals surface area contributed by atoms with E-state index in [9.17, 15) is 13.2 Å². The number of amides is 1. The molecule has 2 fully saturated rings. The van der Waals surface area contributed by atoms with Crippen molar-refractivity contribution in [3.63, 3.8) is 0 Å². The monoisotopic (exact) mass is 455 g/mol. The number of nitrogens with zero attached hydrogens (tertiary/aromatic N) is 1. The van der Waals surface area contributed by atoms with Crippen molar-refractivity contribution in [2.45, 2.75) is 69.7 Å². The van der Waals surface area contributed by atoms with Gasteiger partial charge in [0.05, 0.1) is 22.2 Å². The molecule has 0 radical (unpaired) electrons. The molecule has 1 amide bonds. The van der Waals surface area contributed by atoms with Gasteiger partial charge in [-0.3, -0.25) is 4.79 Å². The SMILES string of the molecule is CC1CCCC(NCC(=O)Nc2cc(S(=O)(=O)N3CCCCCC3)ccc2Cl)C1C. The zero-order chi connectivity index (χ0) is 21.7. The first-order chi connectivity index (χ1) is 14.3. The number of halogens is 1. The Morgan fingerprint density at radius 2 is 1.80 bits per heavy atom. The first-order valence-electron chi connectivity index (χ1n) is 11.1. The largest absolute Gasteiger partial charge is 0.324 e. The maximum Gasteiger partial charge on any atom is 0.243 e. The smallest absolute Gasteiger partial charge is 0.243 e. The van der Waals surface area contributed by atoms with Gasteiger partial charge in [-0.1, -0.05) is 51.1 Å². The fourth-order valence-electron chi connectivity index (χ4n) is 4.48. The van der Waals surface area contributed by atoms with Crippen molar-refractivity contribution in [1.29, 1.82) is 0 Å². The summed E-state index contributed by atoms with van der Waals surface area (Å²) in [5.74, 6) is 0.957. The van der Waals surface area contributed by atoms with E-state index in [0.29, 0.717) is 41.7 Å². The van der Waals surface area contributed by atoms with E-state index in [1.54, 1.807) is 10.4 Å². The number of hydrogen-bond acceptors (Lipinski definition) is 4. The summed E-state index contributed by atoms with van der Waals surface area (Å²) in [5, 5.41) is 6.48. The fraction of sp³-hybridized carbons (Fsp3) is 0.682. The molecule has 1 heterocycles. The molecule has 1 aromatic carbocycles. The molecule has 3 rings (SSSR count). The minimum absolute atomic E-state index is 0.173. The van der Waals surface area contributed by atoms with Crippen molar-refractivity contribution in [2.24, 2.45) is 11.8 Å². The Kier molecular flexibility index (Phi) is 8.18. The third kappa shape index (κ3) is 5.75.